The minimum absolute atomic E-state index is 0.812. The largest absolute Gasteiger partial charge is 0.494 e. The van der Waals surface area contributed by atoms with Gasteiger partial charge in [-0.25, -0.2) is 0 Å². The number of aromatic nitrogens is 1. The van der Waals surface area contributed by atoms with Crippen LogP contribution in [0.15, 0.2) is 42.6 Å². The molecule has 0 atom stereocenters. The van der Waals surface area contributed by atoms with Gasteiger partial charge in [0.15, 0.2) is 0 Å². The number of nitrogens with zero attached hydrogens (tertiary/aromatic N) is 1. The van der Waals surface area contributed by atoms with Crippen molar-refractivity contribution in [2.75, 3.05) is 6.61 Å². The van der Waals surface area contributed by atoms with E-state index in [1.807, 2.05) is 0 Å². The van der Waals surface area contributed by atoms with E-state index in [-0.39, 0.29) is 0 Å². The van der Waals surface area contributed by atoms with E-state index in [1.54, 1.807) is 0 Å². The Morgan fingerprint density at radius 1 is 0.800 bits per heavy atom. The molecule has 1 aromatic heterocycles. The molecule has 0 bridgehead atoms. The SMILES string of the molecule is CCCCCCOc1ccc(-c2ccc(CC[C@H]3CC[C@H](CCC)CC3)cn2)cc1. The van der Waals surface area contributed by atoms with Gasteiger partial charge in [0, 0.05) is 11.8 Å². The van der Waals surface area contributed by atoms with Gasteiger partial charge in [-0.3, -0.25) is 4.98 Å². The Kier molecular flexibility index (Phi) is 9.73. The fourth-order valence-corrected chi connectivity index (χ4v) is 4.77. The number of pyridine rings is 1. The molecule has 2 nitrogen and oxygen atoms in total. The fraction of sp³-hybridized carbons (Fsp3) is 0.607. The second-order valence-corrected chi connectivity index (χ2v) is 9.20. The Balaban J connectivity index is 1.42. The van der Waals surface area contributed by atoms with Gasteiger partial charge >= 0.3 is 0 Å². The molecule has 0 N–H and O–H groups in total. The lowest BCUT2D eigenvalue weighted by Gasteiger charge is -2.28. The number of aryl methyl sites for hydroxylation is 1. The number of rotatable bonds is 12. The van der Waals surface area contributed by atoms with E-state index in [1.165, 1.54) is 76.2 Å². The first kappa shape index (κ1) is 22.8. The average molecular weight is 408 g/mol. The maximum atomic E-state index is 5.85. The molecule has 1 heterocycles. The molecule has 0 spiro atoms. The molecule has 1 aliphatic carbocycles. The lowest BCUT2D eigenvalue weighted by molar-refractivity contribution is 0.252. The fourth-order valence-electron chi connectivity index (χ4n) is 4.77. The number of hydrogen-bond donors (Lipinski definition) is 0. The number of benzene rings is 1. The van der Waals surface area contributed by atoms with Crippen LogP contribution < -0.4 is 4.74 Å². The first-order valence-corrected chi connectivity index (χ1v) is 12.5. The zero-order valence-corrected chi connectivity index (χ0v) is 19.2. The summed E-state index contributed by atoms with van der Waals surface area (Å²) in [6, 6.07) is 12.8. The van der Waals surface area contributed by atoms with Crippen molar-refractivity contribution in [1.29, 1.82) is 0 Å². The lowest BCUT2D eigenvalue weighted by Crippen LogP contribution is -2.15. The Morgan fingerprint density at radius 2 is 1.53 bits per heavy atom. The van der Waals surface area contributed by atoms with Crippen molar-refractivity contribution in [1.82, 2.24) is 4.98 Å². The summed E-state index contributed by atoms with van der Waals surface area (Å²) in [5.41, 5.74) is 3.59. The van der Waals surface area contributed by atoms with Crippen LogP contribution in [0.1, 0.15) is 90.0 Å². The molecular formula is C28H41NO. The molecule has 0 unspecified atom stereocenters. The van der Waals surface area contributed by atoms with Crippen LogP contribution in [0.3, 0.4) is 0 Å². The van der Waals surface area contributed by atoms with Crippen molar-refractivity contribution in [2.24, 2.45) is 11.8 Å². The summed E-state index contributed by atoms with van der Waals surface area (Å²) in [4.78, 5) is 4.73. The molecule has 0 saturated heterocycles. The van der Waals surface area contributed by atoms with Gasteiger partial charge in [0.25, 0.3) is 0 Å². The van der Waals surface area contributed by atoms with Crippen LogP contribution in [-0.4, -0.2) is 11.6 Å². The van der Waals surface area contributed by atoms with Crippen molar-refractivity contribution in [3.63, 3.8) is 0 Å². The molecule has 1 saturated carbocycles. The molecule has 0 radical (unpaired) electrons. The van der Waals surface area contributed by atoms with Gasteiger partial charge in [0.2, 0.25) is 0 Å². The van der Waals surface area contributed by atoms with E-state index in [4.69, 9.17) is 9.72 Å². The monoisotopic (exact) mass is 407 g/mol. The predicted molar refractivity (Wildman–Crippen MR) is 128 cm³/mol. The maximum absolute atomic E-state index is 5.85. The third-order valence-corrected chi connectivity index (χ3v) is 6.75. The van der Waals surface area contributed by atoms with Crippen molar-refractivity contribution in [2.45, 2.75) is 90.9 Å². The summed E-state index contributed by atoms with van der Waals surface area (Å²) in [6.45, 7) is 5.37. The Hall–Kier alpha value is -1.83. The van der Waals surface area contributed by atoms with Crippen molar-refractivity contribution < 1.29 is 4.74 Å². The van der Waals surface area contributed by atoms with Gasteiger partial charge in [0.1, 0.15) is 5.75 Å². The number of unbranched alkanes of at least 4 members (excludes halogenated alkanes) is 3. The van der Waals surface area contributed by atoms with E-state index in [0.717, 1.165) is 41.9 Å². The predicted octanol–water partition coefficient (Wildman–Crippen LogP) is 8.25. The van der Waals surface area contributed by atoms with Crippen LogP contribution in [0.25, 0.3) is 11.3 Å². The first-order chi connectivity index (χ1) is 14.8. The van der Waals surface area contributed by atoms with Crippen LogP contribution in [0, 0.1) is 11.8 Å². The zero-order valence-electron chi connectivity index (χ0n) is 19.2. The molecule has 30 heavy (non-hydrogen) atoms. The standard InChI is InChI=1S/C28H41NO/c1-3-5-6-7-21-30-27-18-16-26(17-19-27)28-20-15-25(22-29-28)14-13-24-11-9-23(8-4-2)10-12-24/h15-20,22-24H,3-14,21H2,1-2H3/t23-,24-. The zero-order chi connectivity index (χ0) is 21.0. The summed E-state index contributed by atoms with van der Waals surface area (Å²) in [5.74, 6) is 2.89. The van der Waals surface area contributed by atoms with Gasteiger partial charge in [-0.05, 0) is 67.0 Å². The van der Waals surface area contributed by atoms with Gasteiger partial charge in [-0.1, -0.05) is 77.7 Å². The highest BCUT2D eigenvalue weighted by molar-refractivity contribution is 5.60. The van der Waals surface area contributed by atoms with Gasteiger partial charge < -0.3 is 4.74 Å². The van der Waals surface area contributed by atoms with Gasteiger partial charge in [0.05, 0.1) is 12.3 Å². The molecule has 2 heteroatoms. The molecule has 164 valence electrons. The van der Waals surface area contributed by atoms with Crippen LogP contribution in [0.2, 0.25) is 0 Å². The van der Waals surface area contributed by atoms with Crippen LogP contribution >= 0.6 is 0 Å². The molecule has 3 rings (SSSR count). The average Bonchev–Trinajstić information content (AvgIpc) is 2.79. The second kappa shape index (κ2) is 12.8. The topological polar surface area (TPSA) is 22.1 Å². The van der Waals surface area contributed by atoms with Crippen molar-refractivity contribution in [3.8, 4) is 17.0 Å². The Bertz CT molecular complexity index is 698. The van der Waals surface area contributed by atoms with Crippen LogP contribution in [0.5, 0.6) is 5.75 Å². The summed E-state index contributed by atoms with van der Waals surface area (Å²) in [5, 5.41) is 0. The quantitative estimate of drug-likeness (QED) is 0.330. The Morgan fingerprint density at radius 3 is 2.17 bits per heavy atom. The van der Waals surface area contributed by atoms with E-state index in [9.17, 15) is 0 Å². The van der Waals surface area contributed by atoms with E-state index in [2.05, 4.69) is 56.4 Å². The number of hydrogen-bond acceptors (Lipinski definition) is 2. The van der Waals surface area contributed by atoms with E-state index < -0.39 is 0 Å². The maximum Gasteiger partial charge on any atom is 0.119 e. The highest BCUT2D eigenvalue weighted by atomic mass is 16.5. The summed E-state index contributed by atoms with van der Waals surface area (Å²) in [6.07, 6.45) is 18.1. The summed E-state index contributed by atoms with van der Waals surface area (Å²) >= 11 is 0. The second-order valence-electron chi connectivity index (χ2n) is 9.20. The smallest absolute Gasteiger partial charge is 0.119 e. The third-order valence-electron chi connectivity index (χ3n) is 6.75. The molecule has 1 fully saturated rings. The summed E-state index contributed by atoms with van der Waals surface area (Å²) < 4.78 is 5.85. The molecule has 1 aliphatic rings. The van der Waals surface area contributed by atoms with E-state index >= 15 is 0 Å². The highest BCUT2D eigenvalue weighted by Gasteiger charge is 2.20. The molecular weight excluding hydrogens is 366 g/mol. The van der Waals surface area contributed by atoms with Gasteiger partial charge in [-0.15, -0.1) is 0 Å². The highest BCUT2D eigenvalue weighted by Crippen LogP contribution is 2.33. The van der Waals surface area contributed by atoms with Crippen LogP contribution in [0.4, 0.5) is 0 Å². The lowest BCUT2D eigenvalue weighted by atomic mass is 9.78. The minimum atomic E-state index is 0.812. The van der Waals surface area contributed by atoms with Crippen molar-refractivity contribution in [3.05, 3.63) is 48.2 Å². The first-order valence-electron chi connectivity index (χ1n) is 12.5. The van der Waals surface area contributed by atoms with E-state index in [0.29, 0.717) is 0 Å². The minimum Gasteiger partial charge on any atom is -0.494 e. The van der Waals surface area contributed by atoms with Gasteiger partial charge in [-0.2, -0.15) is 0 Å². The van der Waals surface area contributed by atoms with Crippen molar-refractivity contribution >= 4 is 0 Å². The summed E-state index contributed by atoms with van der Waals surface area (Å²) in [7, 11) is 0. The van der Waals surface area contributed by atoms with Crippen LogP contribution in [-0.2, 0) is 6.42 Å². The molecule has 1 aromatic carbocycles. The normalized spacial score (nSPS) is 19.0. The number of ether oxygens (including phenoxy) is 1. The third kappa shape index (κ3) is 7.45. The molecule has 0 aliphatic heterocycles. The molecule has 2 aromatic rings. The Labute approximate surface area is 184 Å². The molecule has 0 amide bonds.